The van der Waals surface area contributed by atoms with E-state index in [1.54, 1.807) is 18.2 Å². The molecule has 3 aromatic rings. The fourth-order valence-corrected chi connectivity index (χ4v) is 2.09. The zero-order valence-corrected chi connectivity index (χ0v) is 10.8. The van der Waals surface area contributed by atoms with Gasteiger partial charge in [0.05, 0.1) is 0 Å². The van der Waals surface area contributed by atoms with Crippen LogP contribution in [0.1, 0.15) is 0 Å². The molecule has 0 aliphatic heterocycles. The molecule has 4 heteroatoms. The second kappa shape index (κ2) is 5.32. The highest BCUT2D eigenvalue weighted by atomic mass is 19.1. The van der Waals surface area contributed by atoms with Gasteiger partial charge in [0.15, 0.2) is 0 Å². The van der Waals surface area contributed by atoms with E-state index in [-0.39, 0.29) is 11.6 Å². The summed E-state index contributed by atoms with van der Waals surface area (Å²) in [5, 5.41) is 0. The maximum absolute atomic E-state index is 13.0. The Bertz CT molecular complexity index is 819. The summed E-state index contributed by atoms with van der Waals surface area (Å²) in [6.07, 6.45) is 0. The van der Waals surface area contributed by atoms with E-state index in [0.717, 1.165) is 0 Å². The van der Waals surface area contributed by atoms with Crippen LogP contribution in [-0.2, 0) is 0 Å². The number of hydrogen-bond acceptors (Lipinski definition) is 2. The van der Waals surface area contributed by atoms with E-state index in [4.69, 9.17) is 4.42 Å². The summed E-state index contributed by atoms with van der Waals surface area (Å²) in [4.78, 5) is 11.5. The van der Waals surface area contributed by atoms with Crippen molar-refractivity contribution in [1.29, 1.82) is 0 Å². The monoisotopic (exact) mass is 284 g/mol. The number of benzene rings is 2. The molecule has 0 fully saturated rings. The minimum Gasteiger partial charge on any atom is -0.422 e. The van der Waals surface area contributed by atoms with Crippen LogP contribution < -0.4 is 5.63 Å². The van der Waals surface area contributed by atoms with Gasteiger partial charge in [-0.3, -0.25) is 0 Å². The second-order valence-corrected chi connectivity index (χ2v) is 4.51. The predicted molar refractivity (Wildman–Crippen MR) is 75.8 cm³/mol. The van der Waals surface area contributed by atoms with Gasteiger partial charge in [0.1, 0.15) is 17.4 Å². The van der Waals surface area contributed by atoms with Gasteiger partial charge in [-0.05, 0) is 48.0 Å². The lowest BCUT2D eigenvalue weighted by Crippen LogP contribution is -1.98. The minimum absolute atomic E-state index is 0.328. The molecule has 0 aliphatic carbocycles. The summed E-state index contributed by atoms with van der Waals surface area (Å²) in [6.45, 7) is 0. The molecule has 0 spiro atoms. The molecule has 1 aromatic heterocycles. The van der Waals surface area contributed by atoms with Gasteiger partial charge in [-0.1, -0.05) is 12.1 Å². The van der Waals surface area contributed by atoms with Crippen LogP contribution in [0.5, 0.6) is 0 Å². The first-order valence-electron chi connectivity index (χ1n) is 6.29. The van der Waals surface area contributed by atoms with Crippen LogP contribution in [0.2, 0.25) is 0 Å². The van der Waals surface area contributed by atoms with Crippen LogP contribution in [0.25, 0.3) is 22.5 Å². The van der Waals surface area contributed by atoms with Crippen LogP contribution in [0.15, 0.2) is 69.9 Å². The van der Waals surface area contributed by atoms with Gasteiger partial charge < -0.3 is 4.42 Å². The van der Waals surface area contributed by atoms with Gasteiger partial charge in [0.25, 0.3) is 0 Å². The Morgan fingerprint density at radius 2 is 1.19 bits per heavy atom. The van der Waals surface area contributed by atoms with Crippen LogP contribution in [0.3, 0.4) is 0 Å². The van der Waals surface area contributed by atoms with Crippen LogP contribution in [-0.4, -0.2) is 0 Å². The SMILES string of the molecule is O=c1ccc(-c2ccc(F)cc2)c(-c2ccc(F)cc2)o1. The average Bonchev–Trinajstić information content (AvgIpc) is 2.49. The summed E-state index contributed by atoms with van der Waals surface area (Å²) in [7, 11) is 0. The van der Waals surface area contributed by atoms with E-state index in [1.165, 1.54) is 42.5 Å². The van der Waals surface area contributed by atoms with Gasteiger partial charge >= 0.3 is 5.63 Å². The predicted octanol–water partition coefficient (Wildman–Crippen LogP) is 4.25. The molecular formula is C17H10F2O2. The lowest BCUT2D eigenvalue weighted by molar-refractivity contribution is 0.527. The van der Waals surface area contributed by atoms with Crippen molar-refractivity contribution in [2.24, 2.45) is 0 Å². The summed E-state index contributed by atoms with van der Waals surface area (Å²) in [6, 6.07) is 14.4. The van der Waals surface area contributed by atoms with Gasteiger partial charge in [-0.2, -0.15) is 0 Å². The smallest absolute Gasteiger partial charge is 0.336 e. The fraction of sp³-hybridized carbons (Fsp3) is 0. The van der Waals surface area contributed by atoms with Crippen molar-refractivity contribution in [3.05, 3.63) is 82.7 Å². The molecule has 2 nitrogen and oxygen atoms in total. The Hall–Kier alpha value is -2.75. The zero-order chi connectivity index (χ0) is 14.8. The third-order valence-electron chi connectivity index (χ3n) is 3.09. The van der Waals surface area contributed by atoms with E-state index in [0.29, 0.717) is 22.5 Å². The highest BCUT2D eigenvalue weighted by Gasteiger charge is 2.11. The molecule has 0 atom stereocenters. The summed E-state index contributed by atoms with van der Waals surface area (Å²) in [5.74, 6) is -0.395. The van der Waals surface area contributed by atoms with Crippen molar-refractivity contribution in [1.82, 2.24) is 0 Å². The molecule has 2 aromatic carbocycles. The van der Waals surface area contributed by atoms with Gasteiger partial charge in [0.2, 0.25) is 0 Å². The number of halogens is 2. The van der Waals surface area contributed by atoms with Crippen LogP contribution in [0, 0.1) is 11.6 Å². The molecule has 0 saturated heterocycles. The third-order valence-corrected chi connectivity index (χ3v) is 3.09. The molecule has 104 valence electrons. The second-order valence-electron chi connectivity index (χ2n) is 4.51. The molecular weight excluding hydrogens is 274 g/mol. The van der Waals surface area contributed by atoms with Crippen molar-refractivity contribution in [3.8, 4) is 22.5 Å². The quantitative estimate of drug-likeness (QED) is 0.704. The normalized spacial score (nSPS) is 10.6. The van der Waals surface area contributed by atoms with Crippen LogP contribution in [0.4, 0.5) is 8.78 Å². The van der Waals surface area contributed by atoms with E-state index < -0.39 is 5.63 Å². The molecule has 1 heterocycles. The van der Waals surface area contributed by atoms with Gasteiger partial charge in [-0.25, -0.2) is 13.6 Å². The Morgan fingerprint density at radius 1 is 0.667 bits per heavy atom. The molecule has 3 rings (SSSR count). The molecule has 21 heavy (non-hydrogen) atoms. The zero-order valence-electron chi connectivity index (χ0n) is 10.8. The lowest BCUT2D eigenvalue weighted by atomic mass is 10.0. The van der Waals surface area contributed by atoms with Crippen molar-refractivity contribution >= 4 is 0 Å². The van der Waals surface area contributed by atoms with Gasteiger partial charge in [-0.15, -0.1) is 0 Å². The van der Waals surface area contributed by atoms with Crippen molar-refractivity contribution in [2.75, 3.05) is 0 Å². The molecule has 0 saturated carbocycles. The first-order chi connectivity index (χ1) is 10.1. The standard InChI is InChI=1S/C17H10F2O2/c18-13-5-1-11(2-6-13)15-9-10-16(20)21-17(15)12-3-7-14(19)8-4-12/h1-10H. The summed E-state index contributed by atoms with van der Waals surface area (Å²) in [5.41, 5.74) is 1.43. The summed E-state index contributed by atoms with van der Waals surface area (Å²) < 4.78 is 31.3. The average molecular weight is 284 g/mol. The maximum atomic E-state index is 13.0. The van der Waals surface area contributed by atoms with Crippen molar-refractivity contribution in [2.45, 2.75) is 0 Å². The van der Waals surface area contributed by atoms with Crippen molar-refractivity contribution in [3.63, 3.8) is 0 Å². The molecule has 0 radical (unpaired) electrons. The van der Waals surface area contributed by atoms with E-state index in [1.807, 2.05) is 0 Å². The highest BCUT2D eigenvalue weighted by molar-refractivity contribution is 5.79. The fourth-order valence-electron chi connectivity index (χ4n) is 2.09. The molecule has 0 amide bonds. The molecule has 0 N–H and O–H groups in total. The highest BCUT2D eigenvalue weighted by Crippen LogP contribution is 2.31. The van der Waals surface area contributed by atoms with E-state index >= 15 is 0 Å². The Morgan fingerprint density at radius 3 is 1.76 bits per heavy atom. The Labute approximate surface area is 119 Å². The largest absolute Gasteiger partial charge is 0.422 e. The molecule has 0 bridgehead atoms. The third kappa shape index (κ3) is 2.74. The number of hydrogen-bond donors (Lipinski definition) is 0. The Balaban J connectivity index is 2.19. The Kier molecular flexibility index (Phi) is 3.36. The topological polar surface area (TPSA) is 30.2 Å². The number of rotatable bonds is 2. The van der Waals surface area contributed by atoms with Gasteiger partial charge in [0, 0.05) is 17.2 Å². The van der Waals surface area contributed by atoms with Crippen molar-refractivity contribution < 1.29 is 13.2 Å². The maximum Gasteiger partial charge on any atom is 0.336 e. The minimum atomic E-state index is -0.500. The summed E-state index contributed by atoms with van der Waals surface area (Å²) >= 11 is 0. The molecule has 0 unspecified atom stereocenters. The van der Waals surface area contributed by atoms with Crippen LogP contribution >= 0.6 is 0 Å². The van der Waals surface area contributed by atoms with E-state index in [2.05, 4.69) is 0 Å². The first kappa shape index (κ1) is 13.2. The lowest BCUT2D eigenvalue weighted by Gasteiger charge is -2.08. The molecule has 0 aliphatic rings. The van der Waals surface area contributed by atoms with E-state index in [9.17, 15) is 13.6 Å². The first-order valence-corrected chi connectivity index (χ1v) is 6.29.